The molecule has 0 saturated heterocycles. The van der Waals surface area contributed by atoms with Gasteiger partial charge in [0.05, 0.1) is 17.0 Å². The van der Waals surface area contributed by atoms with Gasteiger partial charge in [0.15, 0.2) is 0 Å². The fourth-order valence-electron chi connectivity index (χ4n) is 1.86. The summed E-state index contributed by atoms with van der Waals surface area (Å²) in [5, 5.41) is 2.32. The van der Waals surface area contributed by atoms with Crippen molar-refractivity contribution in [3.8, 4) is 0 Å². The van der Waals surface area contributed by atoms with Crippen LogP contribution in [0.4, 0.5) is 18.9 Å². The molecule has 6 heteroatoms. The highest BCUT2D eigenvalue weighted by atomic mass is 32.2. The molecule has 0 saturated carbocycles. The minimum atomic E-state index is -4.49. The minimum Gasteiger partial charge on any atom is -0.325 e. The van der Waals surface area contributed by atoms with Crippen molar-refractivity contribution in [1.29, 1.82) is 0 Å². The van der Waals surface area contributed by atoms with Gasteiger partial charge in [-0.1, -0.05) is 42.5 Å². The number of para-hydroxylation sites is 1. The summed E-state index contributed by atoms with van der Waals surface area (Å²) in [6.07, 6.45) is -4.49. The van der Waals surface area contributed by atoms with Crippen LogP contribution >= 0.6 is 11.8 Å². The van der Waals surface area contributed by atoms with Crippen molar-refractivity contribution >= 4 is 23.4 Å². The average molecular weight is 325 g/mol. The summed E-state index contributed by atoms with van der Waals surface area (Å²) in [5.74, 6) is 0.286. The first-order chi connectivity index (χ1) is 10.5. The number of hydrogen-bond acceptors (Lipinski definition) is 2. The number of anilines is 1. The Morgan fingerprint density at radius 2 is 1.64 bits per heavy atom. The number of hydrogen-bond donors (Lipinski definition) is 1. The zero-order valence-corrected chi connectivity index (χ0v) is 12.4. The van der Waals surface area contributed by atoms with Gasteiger partial charge in [-0.25, -0.2) is 0 Å². The predicted octanol–water partition coefficient (Wildman–Crippen LogP) is 4.58. The van der Waals surface area contributed by atoms with Gasteiger partial charge >= 0.3 is 6.18 Å². The first-order valence-corrected chi connectivity index (χ1v) is 7.70. The maximum Gasteiger partial charge on any atom is 0.418 e. The van der Waals surface area contributed by atoms with Crippen molar-refractivity contribution in [3.05, 3.63) is 65.7 Å². The van der Waals surface area contributed by atoms with Gasteiger partial charge in [-0.05, 0) is 17.7 Å². The van der Waals surface area contributed by atoms with Crippen LogP contribution in [0, 0.1) is 0 Å². The van der Waals surface area contributed by atoms with Gasteiger partial charge in [0.1, 0.15) is 0 Å². The van der Waals surface area contributed by atoms with Crippen molar-refractivity contribution in [1.82, 2.24) is 0 Å². The molecule has 0 spiro atoms. The standard InChI is InChI=1S/C16H14F3NOS/c17-16(18,19)13-8-4-5-9-14(13)20-15(21)11-22-10-12-6-2-1-3-7-12/h1-9H,10-11H2,(H,20,21). The highest BCUT2D eigenvalue weighted by Crippen LogP contribution is 2.34. The molecule has 0 aliphatic carbocycles. The minimum absolute atomic E-state index is 0.0983. The maximum atomic E-state index is 12.8. The molecule has 0 aromatic heterocycles. The van der Waals surface area contributed by atoms with Gasteiger partial charge in [0.25, 0.3) is 0 Å². The quantitative estimate of drug-likeness (QED) is 0.872. The molecule has 0 unspecified atom stereocenters. The van der Waals surface area contributed by atoms with E-state index in [1.807, 2.05) is 30.3 Å². The number of amides is 1. The Morgan fingerprint density at radius 3 is 2.32 bits per heavy atom. The molecular weight excluding hydrogens is 311 g/mol. The summed E-state index contributed by atoms with van der Waals surface area (Å²) in [6.45, 7) is 0. The maximum absolute atomic E-state index is 12.8. The van der Waals surface area contributed by atoms with E-state index in [2.05, 4.69) is 5.32 Å². The van der Waals surface area contributed by atoms with Crippen LogP contribution in [-0.2, 0) is 16.7 Å². The van der Waals surface area contributed by atoms with Gasteiger partial charge < -0.3 is 5.32 Å². The Kier molecular flexibility index (Phi) is 5.49. The molecule has 2 aromatic rings. The molecule has 1 amide bonds. The van der Waals surface area contributed by atoms with Crippen molar-refractivity contribution in [2.45, 2.75) is 11.9 Å². The van der Waals surface area contributed by atoms with Gasteiger partial charge in [0, 0.05) is 5.75 Å². The van der Waals surface area contributed by atoms with E-state index < -0.39 is 17.6 Å². The van der Waals surface area contributed by atoms with Crippen LogP contribution in [0.2, 0.25) is 0 Å². The lowest BCUT2D eigenvalue weighted by Gasteiger charge is -2.13. The third kappa shape index (κ3) is 4.80. The molecule has 0 fully saturated rings. The van der Waals surface area contributed by atoms with Crippen LogP contribution in [0.15, 0.2) is 54.6 Å². The molecule has 2 aromatic carbocycles. The second-order valence-electron chi connectivity index (χ2n) is 4.57. The zero-order chi connectivity index (χ0) is 16.0. The number of carbonyl (C=O) groups is 1. The second-order valence-corrected chi connectivity index (χ2v) is 5.56. The normalized spacial score (nSPS) is 11.2. The molecule has 116 valence electrons. The number of nitrogens with one attached hydrogen (secondary N) is 1. The van der Waals surface area contributed by atoms with E-state index in [-0.39, 0.29) is 11.4 Å². The van der Waals surface area contributed by atoms with Crippen molar-refractivity contribution in [3.63, 3.8) is 0 Å². The van der Waals surface area contributed by atoms with Crippen LogP contribution < -0.4 is 5.32 Å². The SMILES string of the molecule is O=C(CSCc1ccccc1)Nc1ccccc1C(F)(F)F. The summed E-state index contributed by atoms with van der Waals surface area (Å²) < 4.78 is 38.4. The van der Waals surface area contributed by atoms with E-state index in [1.54, 1.807) is 0 Å². The Bertz CT molecular complexity index is 629. The third-order valence-electron chi connectivity index (χ3n) is 2.85. The van der Waals surface area contributed by atoms with Crippen molar-refractivity contribution < 1.29 is 18.0 Å². The number of thioether (sulfide) groups is 1. The first kappa shape index (κ1) is 16.4. The molecule has 0 heterocycles. The third-order valence-corrected chi connectivity index (χ3v) is 3.86. The van der Waals surface area contributed by atoms with Crippen LogP contribution in [0.25, 0.3) is 0 Å². The molecule has 0 radical (unpaired) electrons. The number of benzene rings is 2. The topological polar surface area (TPSA) is 29.1 Å². The Balaban J connectivity index is 1.90. The van der Waals surface area contributed by atoms with Crippen molar-refractivity contribution in [2.75, 3.05) is 11.1 Å². The molecule has 0 bridgehead atoms. The lowest BCUT2D eigenvalue weighted by Crippen LogP contribution is -2.18. The monoisotopic (exact) mass is 325 g/mol. The van der Waals surface area contributed by atoms with Crippen LogP contribution in [0.1, 0.15) is 11.1 Å². The van der Waals surface area contributed by atoms with Crippen LogP contribution in [-0.4, -0.2) is 11.7 Å². The molecule has 2 rings (SSSR count). The number of rotatable bonds is 5. The summed E-state index contributed by atoms with van der Waals surface area (Å²) >= 11 is 1.35. The predicted molar refractivity (Wildman–Crippen MR) is 82.7 cm³/mol. The van der Waals surface area contributed by atoms with Crippen LogP contribution in [0.3, 0.4) is 0 Å². The summed E-state index contributed by atoms with van der Waals surface area (Å²) in [5.41, 5.74) is 0.0210. The Hall–Kier alpha value is -1.95. The highest BCUT2D eigenvalue weighted by molar-refractivity contribution is 7.99. The smallest absolute Gasteiger partial charge is 0.325 e. The number of halogens is 3. The molecule has 22 heavy (non-hydrogen) atoms. The van der Waals surface area contributed by atoms with Crippen LogP contribution in [0.5, 0.6) is 0 Å². The van der Waals surface area contributed by atoms with Crippen molar-refractivity contribution in [2.24, 2.45) is 0 Å². The van der Waals surface area contributed by atoms with E-state index >= 15 is 0 Å². The Labute approximate surface area is 130 Å². The summed E-state index contributed by atoms with van der Waals surface area (Å²) in [6, 6.07) is 14.5. The first-order valence-electron chi connectivity index (χ1n) is 6.54. The van der Waals surface area contributed by atoms with Gasteiger partial charge in [0.2, 0.25) is 5.91 Å². The molecule has 0 atom stereocenters. The summed E-state index contributed by atoms with van der Waals surface area (Å²) in [7, 11) is 0. The number of carbonyl (C=O) groups excluding carboxylic acids is 1. The van der Waals surface area contributed by atoms with Gasteiger partial charge in [-0.3, -0.25) is 4.79 Å². The Morgan fingerprint density at radius 1 is 1.00 bits per heavy atom. The van der Waals surface area contributed by atoms with Gasteiger partial charge in [-0.2, -0.15) is 13.2 Å². The summed E-state index contributed by atoms with van der Waals surface area (Å²) in [4.78, 5) is 11.8. The number of alkyl halides is 3. The lowest BCUT2D eigenvalue weighted by atomic mass is 10.1. The zero-order valence-electron chi connectivity index (χ0n) is 11.6. The molecular formula is C16H14F3NOS. The average Bonchev–Trinajstić information content (AvgIpc) is 2.48. The largest absolute Gasteiger partial charge is 0.418 e. The van der Waals surface area contributed by atoms with E-state index in [0.717, 1.165) is 11.6 Å². The lowest BCUT2D eigenvalue weighted by molar-refractivity contribution is -0.137. The van der Waals surface area contributed by atoms with E-state index in [4.69, 9.17) is 0 Å². The highest BCUT2D eigenvalue weighted by Gasteiger charge is 2.33. The van der Waals surface area contributed by atoms with Gasteiger partial charge in [-0.15, -0.1) is 11.8 Å². The van der Waals surface area contributed by atoms with E-state index in [9.17, 15) is 18.0 Å². The van der Waals surface area contributed by atoms with E-state index in [0.29, 0.717) is 5.75 Å². The molecule has 2 nitrogen and oxygen atoms in total. The fraction of sp³-hybridized carbons (Fsp3) is 0.188. The van der Waals surface area contributed by atoms with E-state index in [1.165, 1.54) is 30.0 Å². The molecule has 0 aliphatic heterocycles. The second kappa shape index (κ2) is 7.35. The molecule has 0 aliphatic rings. The fourth-order valence-corrected chi connectivity index (χ4v) is 2.65. The molecule has 1 N–H and O–H groups in total.